The SMILES string of the molecule is COc1ccc(CC2CCCNC2)c(SC)c1OC. The van der Waals surface area contributed by atoms with Crippen LogP contribution >= 0.6 is 11.8 Å². The van der Waals surface area contributed by atoms with E-state index in [9.17, 15) is 0 Å². The molecule has 3 nitrogen and oxygen atoms in total. The molecule has 0 radical (unpaired) electrons. The Morgan fingerprint density at radius 1 is 1.32 bits per heavy atom. The second-order valence-corrected chi connectivity index (χ2v) is 5.73. The van der Waals surface area contributed by atoms with E-state index in [1.807, 2.05) is 6.07 Å². The maximum Gasteiger partial charge on any atom is 0.174 e. The van der Waals surface area contributed by atoms with E-state index in [0.29, 0.717) is 0 Å². The van der Waals surface area contributed by atoms with Crippen LogP contribution in [0.3, 0.4) is 0 Å². The Hall–Kier alpha value is -0.870. The third kappa shape index (κ3) is 3.37. The Labute approximate surface area is 120 Å². The van der Waals surface area contributed by atoms with Crippen LogP contribution in [0, 0.1) is 5.92 Å². The van der Waals surface area contributed by atoms with Gasteiger partial charge in [-0.05, 0) is 56.2 Å². The van der Waals surface area contributed by atoms with Crippen molar-refractivity contribution in [3.63, 3.8) is 0 Å². The summed E-state index contributed by atoms with van der Waals surface area (Å²) in [7, 11) is 3.40. The van der Waals surface area contributed by atoms with Gasteiger partial charge in [-0.1, -0.05) is 6.07 Å². The standard InChI is InChI=1S/C15H23NO2S/c1-17-13-7-6-12(15(19-3)14(13)18-2)9-11-5-4-8-16-10-11/h6-7,11,16H,4-5,8-10H2,1-3H3. The van der Waals surface area contributed by atoms with E-state index in [2.05, 4.69) is 17.6 Å². The molecular weight excluding hydrogens is 258 g/mol. The summed E-state index contributed by atoms with van der Waals surface area (Å²) in [6.07, 6.45) is 5.81. The molecule has 106 valence electrons. The molecule has 2 rings (SSSR count). The Kier molecular flexibility index (Phi) is 5.40. The number of hydrogen-bond acceptors (Lipinski definition) is 4. The Morgan fingerprint density at radius 3 is 2.74 bits per heavy atom. The molecule has 0 bridgehead atoms. The molecule has 0 aliphatic carbocycles. The fraction of sp³-hybridized carbons (Fsp3) is 0.600. The molecule has 1 atom stereocenters. The fourth-order valence-corrected chi connectivity index (χ4v) is 3.52. The van der Waals surface area contributed by atoms with Crippen LogP contribution in [0.15, 0.2) is 17.0 Å². The lowest BCUT2D eigenvalue weighted by atomic mass is 9.92. The molecule has 1 N–H and O–H groups in total. The Balaban J connectivity index is 2.23. The van der Waals surface area contributed by atoms with Crippen LogP contribution < -0.4 is 14.8 Å². The molecule has 1 heterocycles. The number of methoxy groups -OCH3 is 2. The van der Waals surface area contributed by atoms with Crippen molar-refractivity contribution in [1.82, 2.24) is 5.32 Å². The number of piperidine rings is 1. The number of thioether (sulfide) groups is 1. The second kappa shape index (κ2) is 7.06. The van der Waals surface area contributed by atoms with Gasteiger partial charge in [0.05, 0.1) is 19.1 Å². The molecule has 1 saturated heterocycles. The van der Waals surface area contributed by atoms with Crippen molar-refractivity contribution in [1.29, 1.82) is 0 Å². The Morgan fingerprint density at radius 2 is 2.16 bits per heavy atom. The van der Waals surface area contributed by atoms with Crippen molar-refractivity contribution in [3.05, 3.63) is 17.7 Å². The van der Waals surface area contributed by atoms with Crippen LogP contribution in [0.25, 0.3) is 0 Å². The summed E-state index contributed by atoms with van der Waals surface area (Å²) in [5.41, 5.74) is 1.37. The molecule has 1 unspecified atom stereocenters. The summed E-state index contributed by atoms with van der Waals surface area (Å²) < 4.78 is 10.9. The predicted octanol–water partition coefficient (Wildman–Crippen LogP) is 2.97. The molecule has 1 fully saturated rings. The lowest BCUT2D eigenvalue weighted by Crippen LogP contribution is -2.30. The molecule has 1 aromatic carbocycles. The maximum absolute atomic E-state index is 5.53. The van der Waals surface area contributed by atoms with Gasteiger partial charge in [-0.25, -0.2) is 0 Å². The number of ether oxygens (including phenoxy) is 2. The largest absolute Gasteiger partial charge is 0.493 e. The van der Waals surface area contributed by atoms with Crippen LogP contribution in [0.5, 0.6) is 11.5 Å². The lowest BCUT2D eigenvalue weighted by Gasteiger charge is -2.24. The molecule has 0 aromatic heterocycles. The molecule has 19 heavy (non-hydrogen) atoms. The Bertz CT molecular complexity index is 417. The quantitative estimate of drug-likeness (QED) is 0.841. The summed E-state index contributed by atoms with van der Waals surface area (Å²) in [6.45, 7) is 2.29. The first-order valence-electron chi connectivity index (χ1n) is 6.78. The highest BCUT2D eigenvalue weighted by Gasteiger charge is 2.19. The first-order valence-corrected chi connectivity index (χ1v) is 8.01. The third-order valence-corrected chi connectivity index (χ3v) is 4.55. The van der Waals surface area contributed by atoms with Crippen molar-refractivity contribution in [3.8, 4) is 11.5 Å². The highest BCUT2D eigenvalue weighted by Crippen LogP contribution is 2.40. The number of hydrogen-bond donors (Lipinski definition) is 1. The van der Waals surface area contributed by atoms with Gasteiger partial charge in [0.25, 0.3) is 0 Å². The maximum atomic E-state index is 5.53. The van der Waals surface area contributed by atoms with Crippen LogP contribution in [0.1, 0.15) is 18.4 Å². The van der Waals surface area contributed by atoms with Gasteiger partial charge in [0.1, 0.15) is 0 Å². The second-order valence-electron chi connectivity index (χ2n) is 4.91. The summed E-state index contributed by atoms with van der Waals surface area (Å²) in [4.78, 5) is 1.22. The van der Waals surface area contributed by atoms with E-state index in [-0.39, 0.29) is 0 Å². The first-order chi connectivity index (χ1) is 9.30. The molecule has 0 amide bonds. The summed E-state index contributed by atoms with van der Waals surface area (Å²) in [6, 6.07) is 4.20. The van der Waals surface area contributed by atoms with Crippen molar-refractivity contribution < 1.29 is 9.47 Å². The third-order valence-electron chi connectivity index (χ3n) is 3.69. The van der Waals surface area contributed by atoms with Crippen LogP contribution in [0.4, 0.5) is 0 Å². The number of rotatable bonds is 5. The van der Waals surface area contributed by atoms with Gasteiger partial charge in [0.2, 0.25) is 0 Å². The van der Waals surface area contributed by atoms with Crippen molar-refractivity contribution >= 4 is 11.8 Å². The minimum Gasteiger partial charge on any atom is -0.493 e. The van der Waals surface area contributed by atoms with Crippen molar-refractivity contribution in [2.24, 2.45) is 5.92 Å². The summed E-state index contributed by atoms with van der Waals surface area (Å²) in [5.74, 6) is 2.42. The fourth-order valence-electron chi connectivity index (χ4n) is 2.73. The van der Waals surface area contributed by atoms with E-state index in [1.165, 1.54) is 23.3 Å². The van der Waals surface area contributed by atoms with E-state index in [4.69, 9.17) is 9.47 Å². The van der Waals surface area contributed by atoms with Gasteiger partial charge in [0.15, 0.2) is 11.5 Å². The summed E-state index contributed by atoms with van der Waals surface area (Å²) in [5, 5.41) is 3.48. The van der Waals surface area contributed by atoms with Gasteiger partial charge in [-0.15, -0.1) is 11.8 Å². The zero-order chi connectivity index (χ0) is 13.7. The van der Waals surface area contributed by atoms with Gasteiger partial charge in [-0.2, -0.15) is 0 Å². The molecule has 0 spiro atoms. The monoisotopic (exact) mass is 281 g/mol. The highest BCUT2D eigenvalue weighted by molar-refractivity contribution is 7.98. The minimum absolute atomic E-state index is 0.734. The van der Waals surface area contributed by atoms with Gasteiger partial charge in [-0.3, -0.25) is 0 Å². The summed E-state index contributed by atoms with van der Waals surface area (Å²) >= 11 is 1.74. The van der Waals surface area contributed by atoms with Crippen molar-refractivity contribution in [2.75, 3.05) is 33.6 Å². The zero-order valence-electron chi connectivity index (χ0n) is 12.0. The van der Waals surface area contributed by atoms with Crippen LogP contribution in [-0.4, -0.2) is 33.6 Å². The van der Waals surface area contributed by atoms with Gasteiger partial charge in [0, 0.05) is 0 Å². The van der Waals surface area contributed by atoms with Crippen molar-refractivity contribution in [2.45, 2.75) is 24.2 Å². The zero-order valence-corrected chi connectivity index (χ0v) is 12.8. The van der Waals surface area contributed by atoms with E-state index in [1.54, 1.807) is 26.0 Å². The molecule has 4 heteroatoms. The predicted molar refractivity (Wildman–Crippen MR) is 80.6 cm³/mol. The minimum atomic E-state index is 0.734. The molecule has 0 saturated carbocycles. The number of nitrogens with one attached hydrogen (secondary N) is 1. The average Bonchev–Trinajstić information content (AvgIpc) is 2.47. The molecule has 1 aromatic rings. The normalized spacial score (nSPS) is 19.2. The van der Waals surface area contributed by atoms with E-state index < -0.39 is 0 Å². The van der Waals surface area contributed by atoms with E-state index in [0.717, 1.165) is 36.9 Å². The number of benzene rings is 1. The highest BCUT2D eigenvalue weighted by atomic mass is 32.2. The van der Waals surface area contributed by atoms with Crippen LogP contribution in [0.2, 0.25) is 0 Å². The smallest absolute Gasteiger partial charge is 0.174 e. The molecular formula is C15H23NO2S. The molecule has 1 aliphatic rings. The lowest BCUT2D eigenvalue weighted by molar-refractivity contribution is 0.343. The van der Waals surface area contributed by atoms with Crippen LogP contribution in [-0.2, 0) is 6.42 Å². The van der Waals surface area contributed by atoms with Gasteiger partial charge < -0.3 is 14.8 Å². The van der Waals surface area contributed by atoms with E-state index >= 15 is 0 Å². The topological polar surface area (TPSA) is 30.5 Å². The molecule has 1 aliphatic heterocycles. The first kappa shape index (κ1) is 14.5. The van der Waals surface area contributed by atoms with Gasteiger partial charge >= 0.3 is 0 Å². The average molecular weight is 281 g/mol.